The van der Waals surface area contributed by atoms with Crippen LogP contribution in [0.25, 0.3) is 0 Å². The van der Waals surface area contributed by atoms with E-state index in [4.69, 9.17) is 16.6 Å². The fourth-order valence-corrected chi connectivity index (χ4v) is 1.65. The van der Waals surface area contributed by atoms with Gasteiger partial charge >= 0.3 is 5.97 Å². The number of pyridine rings is 1. The third-order valence-corrected chi connectivity index (χ3v) is 2.63. The zero-order valence-corrected chi connectivity index (χ0v) is 9.75. The summed E-state index contributed by atoms with van der Waals surface area (Å²) in [5.41, 5.74) is 12.5. The van der Waals surface area contributed by atoms with Gasteiger partial charge in [-0.1, -0.05) is 6.07 Å². The van der Waals surface area contributed by atoms with Gasteiger partial charge in [0.1, 0.15) is 6.04 Å². The van der Waals surface area contributed by atoms with Gasteiger partial charge in [-0.15, -0.1) is 0 Å². The molecule has 94 valence electrons. The van der Waals surface area contributed by atoms with Crippen molar-refractivity contribution in [2.24, 2.45) is 11.5 Å². The molecule has 0 radical (unpaired) electrons. The molecule has 0 amide bonds. The number of carboxylic acids is 1. The van der Waals surface area contributed by atoms with Crippen molar-refractivity contribution < 1.29 is 9.90 Å². The van der Waals surface area contributed by atoms with E-state index in [2.05, 4.69) is 4.98 Å². The molecule has 1 aromatic rings. The maximum absolute atomic E-state index is 10.5. The second kappa shape index (κ2) is 6.98. The Bertz CT molecular complexity index is 343. The minimum absolute atomic E-state index is 0.0280. The van der Waals surface area contributed by atoms with E-state index < -0.39 is 12.0 Å². The summed E-state index contributed by atoms with van der Waals surface area (Å²) in [6, 6.07) is 3.11. The number of hydrogen-bond donors (Lipinski definition) is 3. The van der Waals surface area contributed by atoms with Crippen LogP contribution in [0.3, 0.4) is 0 Å². The second-order valence-corrected chi connectivity index (χ2v) is 4.20. The quantitative estimate of drug-likeness (QED) is 0.642. The molecular weight excluding hydrogens is 218 g/mol. The summed E-state index contributed by atoms with van der Waals surface area (Å²) in [5.74, 6) is -0.953. The zero-order chi connectivity index (χ0) is 12.7. The number of nitrogens with two attached hydrogens (primary N) is 2. The molecular formula is C12H19N3O2. The van der Waals surface area contributed by atoms with Gasteiger partial charge in [0.15, 0.2) is 0 Å². The van der Waals surface area contributed by atoms with Crippen molar-refractivity contribution in [2.75, 3.05) is 0 Å². The lowest BCUT2D eigenvalue weighted by Gasteiger charge is -2.12. The molecule has 0 aliphatic heterocycles. The third-order valence-electron chi connectivity index (χ3n) is 2.63. The van der Waals surface area contributed by atoms with Gasteiger partial charge in [0, 0.05) is 18.4 Å². The number of rotatable bonds is 7. The van der Waals surface area contributed by atoms with Crippen LogP contribution < -0.4 is 11.5 Å². The number of aliphatic carboxylic acids is 1. The minimum atomic E-state index is -0.953. The van der Waals surface area contributed by atoms with Crippen molar-refractivity contribution in [1.29, 1.82) is 0 Å². The fraction of sp³-hybridized carbons (Fsp3) is 0.500. The lowest BCUT2D eigenvalue weighted by molar-refractivity contribution is -0.138. The van der Waals surface area contributed by atoms with Gasteiger partial charge in [0.2, 0.25) is 0 Å². The topological polar surface area (TPSA) is 102 Å². The summed E-state index contributed by atoms with van der Waals surface area (Å²) in [6.07, 6.45) is 6.25. The monoisotopic (exact) mass is 237 g/mol. The number of carboxylic acid groups (broad SMARTS) is 1. The van der Waals surface area contributed by atoms with Crippen LogP contribution in [0.4, 0.5) is 0 Å². The predicted octanol–water partition coefficient (Wildman–Crippen LogP) is 0.534. The largest absolute Gasteiger partial charge is 0.480 e. The molecule has 5 N–H and O–H groups in total. The second-order valence-electron chi connectivity index (χ2n) is 4.20. The molecule has 0 aliphatic rings. The summed E-state index contributed by atoms with van der Waals surface area (Å²) in [4.78, 5) is 14.5. The Morgan fingerprint density at radius 1 is 1.41 bits per heavy atom. The van der Waals surface area contributed by atoms with Gasteiger partial charge in [0.25, 0.3) is 0 Å². The van der Waals surface area contributed by atoms with Crippen LogP contribution in [0.2, 0.25) is 0 Å². The Balaban J connectivity index is 2.22. The first-order valence-electron chi connectivity index (χ1n) is 5.72. The first-order chi connectivity index (χ1) is 8.09. The van der Waals surface area contributed by atoms with Crippen LogP contribution in [0.5, 0.6) is 0 Å². The van der Waals surface area contributed by atoms with Crippen molar-refractivity contribution in [3.63, 3.8) is 0 Å². The van der Waals surface area contributed by atoms with Crippen LogP contribution in [0, 0.1) is 0 Å². The summed E-state index contributed by atoms with van der Waals surface area (Å²) >= 11 is 0. The predicted molar refractivity (Wildman–Crippen MR) is 65.4 cm³/mol. The van der Waals surface area contributed by atoms with Crippen LogP contribution in [-0.4, -0.2) is 28.1 Å². The van der Waals surface area contributed by atoms with E-state index in [0.717, 1.165) is 24.8 Å². The average Bonchev–Trinajstić information content (AvgIpc) is 2.30. The molecule has 5 nitrogen and oxygen atoms in total. The van der Waals surface area contributed by atoms with Gasteiger partial charge < -0.3 is 16.6 Å². The molecule has 1 unspecified atom stereocenters. The Morgan fingerprint density at radius 3 is 2.76 bits per heavy atom. The van der Waals surface area contributed by atoms with E-state index in [9.17, 15) is 4.79 Å². The Labute approximate surface area is 101 Å². The number of aromatic nitrogens is 1. The Kier molecular flexibility index (Phi) is 5.59. The van der Waals surface area contributed by atoms with E-state index in [1.165, 1.54) is 0 Å². The van der Waals surface area contributed by atoms with E-state index in [-0.39, 0.29) is 6.04 Å². The van der Waals surface area contributed by atoms with Crippen LogP contribution in [0.15, 0.2) is 24.5 Å². The van der Waals surface area contributed by atoms with Crippen molar-refractivity contribution in [2.45, 2.75) is 37.8 Å². The molecule has 17 heavy (non-hydrogen) atoms. The van der Waals surface area contributed by atoms with Gasteiger partial charge in [-0.2, -0.15) is 0 Å². The van der Waals surface area contributed by atoms with Crippen molar-refractivity contribution in [1.82, 2.24) is 4.98 Å². The Hall–Kier alpha value is -1.46. The molecule has 1 aromatic heterocycles. The highest BCUT2D eigenvalue weighted by Crippen LogP contribution is 2.07. The number of nitrogens with zero attached hydrogens (tertiary/aromatic N) is 1. The molecule has 0 fully saturated rings. The fourth-order valence-electron chi connectivity index (χ4n) is 1.65. The van der Waals surface area contributed by atoms with Crippen LogP contribution in [0.1, 0.15) is 24.8 Å². The number of hydrogen-bond acceptors (Lipinski definition) is 4. The van der Waals surface area contributed by atoms with E-state index in [1.54, 1.807) is 12.4 Å². The molecule has 2 atom stereocenters. The van der Waals surface area contributed by atoms with Gasteiger partial charge in [-0.25, -0.2) is 0 Å². The first-order valence-corrected chi connectivity index (χ1v) is 5.72. The summed E-state index contributed by atoms with van der Waals surface area (Å²) in [6.45, 7) is 0. The highest BCUT2D eigenvalue weighted by atomic mass is 16.4. The molecule has 1 heterocycles. The van der Waals surface area contributed by atoms with Gasteiger partial charge in [0.05, 0.1) is 0 Å². The summed E-state index contributed by atoms with van der Waals surface area (Å²) in [7, 11) is 0. The maximum atomic E-state index is 10.5. The van der Waals surface area contributed by atoms with E-state index in [1.807, 2.05) is 12.1 Å². The van der Waals surface area contributed by atoms with Gasteiger partial charge in [-0.05, 0) is 37.3 Å². The van der Waals surface area contributed by atoms with E-state index >= 15 is 0 Å². The SMILES string of the molecule is NC(CCC[C@@H](N)C(=O)O)Cc1cccnc1. The molecule has 0 bridgehead atoms. The molecule has 0 spiro atoms. The first kappa shape index (κ1) is 13.6. The zero-order valence-electron chi connectivity index (χ0n) is 9.75. The normalized spacial score (nSPS) is 14.2. The van der Waals surface area contributed by atoms with Crippen molar-refractivity contribution in [3.8, 4) is 0 Å². The van der Waals surface area contributed by atoms with Crippen LogP contribution in [-0.2, 0) is 11.2 Å². The molecule has 0 aliphatic carbocycles. The molecule has 0 saturated heterocycles. The van der Waals surface area contributed by atoms with Gasteiger partial charge in [-0.3, -0.25) is 9.78 Å². The Morgan fingerprint density at radius 2 is 2.18 bits per heavy atom. The van der Waals surface area contributed by atoms with Crippen molar-refractivity contribution in [3.05, 3.63) is 30.1 Å². The highest BCUT2D eigenvalue weighted by molar-refractivity contribution is 5.72. The molecule has 0 saturated carbocycles. The standard InChI is InChI=1S/C12H19N3O2/c13-10(4-1-5-11(14)12(16)17)7-9-3-2-6-15-8-9/h2-3,6,8,10-11H,1,4-5,7,13-14H2,(H,16,17)/t10?,11-/m1/s1. The third kappa shape index (κ3) is 5.42. The summed E-state index contributed by atoms with van der Waals surface area (Å²) in [5, 5.41) is 8.62. The summed E-state index contributed by atoms with van der Waals surface area (Å²) < 4.78 is 0. The average molecular weight is 237 g/mol. The molecule has 0 aromatic carbocycles. The number of carbonyl (C=O) groups is 1. The molecule has 1 rings (SSSR count). The van der Waals surface area contributed by atoms with Crippen molar-refractivity contribution >= 4 is 5.97 Å². The smallest absolute Gasteiger partial charge is 0.320 e. The lowest BCUT2D eigenvalue weighted by Crippen LogP contribution is -2.31. The van der Waals surface area contributed by atoms with E-state index in [0.29, 0.717) is 6.42 Å². The molecule has 5 heteroatoms. The highest BCUT2D eigenvalue weighted by Gasteiger charge is 2.12. The van der Waals surface area contributed by atoms with Crippen LogP contribution >= 0.6 is 0 Å². The lowest BCUT2D eigenvalue weighted by atomic mass is 10.0. The minimum Gasteiger partial charge on any atom is -0.480 e. The maximum Gasteiger partial charge on any atom is 0.320 e.